The molecule has 1 heterocycles. The molecule has 0 amide bonds. The van der Waals surface area contributed by atoms with Crippen molar-refractivity contribution in [2.24, 2.45) is 0 Å². The number of hydrogen-bond donors (Lipinski definition) is 0. The van der Waals surface area contributed by atoms with Crippen LogP contribution in [0.1, 0.15) is 32.0 Å². The molecule has 4 rings (SSSR count). The van der Waals surface area contributed by atoms with Crippen LogP contribution in [0.25, 0.3) is 11.0 Å². The van der Waals surface area contributed by atoms with Gasteiger partial charge < -0.3 is 23.4 Å². The Kier molecular flexibility index (Phi) is 7.38. The quantitative estimate of drug-likeness (QED) is 0.279. The minimum atomic E-state index is -5.05. The van der Waals surface area contributed by atoms with Crippen molar-refractivity contribution in [2.45, 2.75) is 12.8 Å². The molecule has 0 unspecified atom stereocenters. The minimum absolute atomic E-state index is 0.0338. The summed E-state index contributed by atoms with van der Waals surface area (Å²) in [6.07, 6.45) is -5.05. The smallest absolute Gasteiger partial charge is 0.453 e. The van der Waals surface area contributed by atoms with Crippen molar-refractivity contribution in [2.75, 3.05) is 14.2 Å². The van der Waals surface area contributed by atoms with Crippen LogP contribution in [-0.4, -0.2) is 26.2 Å². The zero-order valence-corrected chi connectivity index (χ0v) is 20.0. The van der Waals surface area contributed by atoms with Crippen molar-refractivity contribution in [3.05, 3.63) is 99.4 Å². The number of methoxy groups -OCH3 is 2. The maximum Gasteiger partial charge on any atom is 0.453 e. The lowest BCUT2D eigenvalue weighted by molar-refractivity contribution is -0.154. The van der Waals surface area contributed by atoms with Gasteiger partial charge in [0.05, 0.1) is 30.7 Å². The Bertz CT molecular complexity index is 1540. The maximum absolute atomic E-state index is 13.8. The fraction of sp³-hybridized carbons (Fsp3) is 0.148. The lowest BCUT2D eigenvalue weighted by atomic mass is 10.1. The third-order valence-corrected chi connectivity index (χ3v) is 5.36. The minimum Gasteiger partial charge on any atom is -0.489 e. The van der Waals surface area contributed by atoms with Gasteiger partial charge in [0.2, 0.25) is 11.2 Å². The lowest BCUT2D eigenvalue weighted by Gasteiger charge is -2.14. The van der Waals surface area contributed by atoms with Gasteiger partial charge in [-0.2, -0.15) is 13.2 Å². The van der Waals surface area contributed by atoms with Gasteiger partial charge in [-0.15, -0.1) is 0 Å². The Morgan fingerprint density at radius 2 is 1.37 bits per heavy atom. The number of carbonyl (C=O) groups is 2. The number of hydrogen-bond acceptors (Lipinski definition) is 8. The predicted molar refractivity (Wildman–Crippen MR) is 127 cm³/mol. The molecule has 0 N–H and O–H groups in total. The highest BCUT2D eigenvalue weighted by molar-refractivity contribution is 5.89. The Balaban J connectivity index is 1.62. The van der Waals surface area contributed by atoms with Gasteiger partial charge in [-0.25, -0.2) is 9.59 Å². The SMILES string of the molecule is COC(=O)c1ccc(COc2ccc3c(=O)c(Oc4ccc(C(=O)OC)cc4)c(C(F)(F)F)oc3c2)cc1. The Morgan fingerprint density at radius 3 is 1.92 bits per heavy atom. The number of carbonyl (C=O) groups excluding carboxylic acids is 2. The highest BCUT2D eigenvalue weighted by Gasteiger charge is 2.40. The average molecular weight is 528 g/mol. The second-order valence-electron chi connectivity index (χ2n) is 7.84. The molecule has 4 aromatic rings. The number of rotatable bonds is 7. The zero-order chi connectivity index (χ0) is 27.4. The van der Waals surface area contributed by atoms with Gasteiger partial charge in [0.1, 0.15) is 23.7 Å². The molecule has 0 spiro atoms. The van der Waals surface area contributed by atoms with E-state index in [1.807, 2.05) is 0 Å². The van der Waals surface area contributed by atoms with E-state index < -0.39 is 35.1 Å². The number of halogens is 3. The van der Waals surface area contributed by atoms with Gasteiger partial charge >= 0.3 is 18.1 Å². The van der Waals surface area contributed by atoms with Crippen molar-refractivity contribution >= 4 is 22.9 Å². The molecule has 0 aliphatic carbocycles. The number of ether oxygens (including phenoxy) is 4. The van der Waals surface area contributed by atoms with Gasteiger partial charge in [-0.1, -0.05) is 12.1 Å². The molecular formula is C27H19F3O8. The van der Waals surface area contributed by atoms with Crippen LogP contribution >= 0.6 is 0 Å². The molecule has 0 fully saturated rings. The summed E-state index contributed by atoms with van der Waals surface area (Å²) >= 11 is 0. The molecule has 0 saturated carbocycles. The molecule has 38 heavy (non-hydrogen) atoms. The van der Waals surface area contributed by atoms with Gasteiger partial charge in [-0.05, 0) is 54.1 Å². The molecule has 1 aromatic heterocycles. The summed E-state index contributed by atoms with van der Waals surface area (Å²) in [7, 11) is 2.45. The maximum atomic E-state index is 13.8. The van der Waals surface area contributed by atoms with E-state index in [-0.39, 0.29) is 34.6 Å². The van der Waals surface area contributed by atoms with Crippen molar-refractivity contribution in [1.29, 1.82) is 0 Å². The molecule has 0 aliphatic rings. The first-order chi connectivity index (χ1) is 18.1. The van der Waals surface area contributed by atoms with Crippen LogP contribution in [0.15, 0.2) is 75.9 Å². The van der Waals surface area contributed by atoms with E-state index in [0.717, 1.165) is 0 Å². The number of fused-ring (bicyclic) bond motifs is 1. The summed E-state index contributed by atoms with van der Waals surface area (Å²) in [5.74, 6) is -3.78. The fourth-order valence-electron chi connectivity index (χ4n) is 3.44. The highest BCUT2D eigenvalue weighted by Crippen LogP contribution is 2.38. The first-order valence-electron chi connectivity index (χ1n) is 10.9. The van der Waals surface area contributed by atoms with Crippen LogP contribution in [0.4, 0.5) is 13.2 Å². The molecule has 0 radical (unpaired) electrons. The molecule has 0 saturated heterocycles. The van der Waals surface area contributed by atoms with Crippen LogP contribution in [0.2, 0.25) is 0 Å². The number of benzene rings is 3. The molecular weight excluding hydrogens is 509 g/mol. The monoisotopic (exact) mass is 528 g/mol. The van der Waals surface area contributed by atoms with Crippen LogP contribution in [0, 0.1) is 0 Å². The second kappa shape index (κ2) is 10.7. The van der Waals surface area contributed by atoms with Crippen molar-refractivity contribution < 1.29 is 46.1 Å². The third-order valence-electron chi connectivity index (χ3n) is 5.36. The normalized spacial score (nSPS) is 11.2. The summed E-state index contributed by atoms with van der Waals surface area (Å²) in [5.41, 5.74) is -0.221. The first-order valence-corrected chi connectivity index (χ1v) is 10.9. The third kappa shape index (κ3) is 5.61. The number of alkyl halides is 3. The van der Waals surface area contributed by atoms with E-state index in [9.17, 15) is 27.6 Å². The standard InChI is InChI=1S/C27H19F3O8/c1-34-25(32)16-5-3-15(4-6-16)14-36-19-11-12-20-21(13-19)38-24(27(28,29)30)23(22(20)31)37-18-9-7-17(8-10-18)26(33)35-2/h3-13H,14H2,1-2H3. The van der Waals surface area contributed by atoms with Gasteiger partial charge in [0.15, 0.2) is 0 Å². The topological polar surface area (TPSA) is 101 Å². The summed E-state index contributed by atoms with van der Waals surface area (Å²) in [6, 6.07) is 15.2. The Hall–Kier alpha value is -4.80. The molecule has 8 nitrogen and oxygen atoms in total. The summed E-state index contributed by atoms with van der Waals surface area (Å²) < 4.78 is 66.7. The number of esters is 2. The molecule has 3 aromatic carbocycles. The van der Waals surface area contributed by atoms with Crippen LogP contribution in [0.3, 0.4) is 0 Å². The molecule has 0 bridgehead atoms. The summed E-state index contributed by atoms with van der Waals surface area (Å²) in [4.78, 5) is 36.1. The van der Waals surface area contributed by atoms with E-state index in [4.69, 9.17) is 13.9 Å². The first kappa shape index (κ1) is 26.3. The van der Waals surface area contributed by atoms with E-state index in [0.29, 0.717) is 11.1 Å². The van der Waals surface area contributed by atoms with Gasteiger partial charge in [-0.3, -0.25) is 4.79 Å². The highest BCUT2D eigenvalue weighted by atomic mass is 19.4. The van der Waals surface area contributed by atoms with Crippen molar-refractivity contribution in [3.63, 3.8) is 0 Å². The van der Waals surface area contributed by atoms with Crippen LogP contribution in [-0.2, 0) is 22.3 Å². The predicted octanol–water partition coefficient (Wildman–Crippen LogP) is 5.76. The molecule has 0 aliphatic heterocycles. The average Bonchev–Trinajstić information content (AvgIpc) is 2.92. The van der Waals surface area contributed by atoms with Gasteiger partial charge in [0.25, 0.3) is 5.76 Å². The van der Waals surface area contributed by atoms with E-state index in [1.54, 1.807) is 24.3 Å². The van der Waals surface area contributed by atoms with Crippen LogP contribution < -0.4 is 14.9 Å². The summed E-state index contributed by atoms with van der Waals surface area (Å²) in [5, 5.41) is -0.158. The lowest BCUT2D eigenvalue weighted by Crippen LogP contribution is -2.15. The summed E-state index contributed by atoms with van der Waals surface area (Å²) in [6.45, 7) is 0.0338. The van der Waals surface area contributed by atoms with E-state index in [2.05, 4.69) is 9.47 Å². The van der Waals surface area contributed by atoms with Crippen LogP contribution in [0.5, 0.6) is 17.2 Å². The Labute approximate surface area is 213 Å². The van der Waals surface area contributed by atoms with Crippen molar-refractivity contribution in [1.82, 2.24) is 0 Å². The molecule has 0 atom stereocenters. The van der Waals surface area contributed by atoms with Gasteiger partial charge in [0, 0.05) is 6.07 Å². The Morgan fingerprint density at radius 1 is 0.816 bits per heavy atom. The molecule has 196 valence electrons. The zero-order valence-electron chi connectivity index (χ0n) is 20.0. The molecule has 11 heteroatoms. The van der Waals surface area contributed by atoms with E-state index >= 15 is 0 Å². The van der Waals surface area contributed by atoms with E-state index in [1.165, 1.54) is 56.7 Å². The second-order valence-corrected chi connectivity index (χ2v) is 7.84. The largest absolute Gasteiger partial charge is 0.489 e. The fourth-order valence-corrected chi connectivity index (χ4v) is 3.44. The van der Waals surface area contributed by atoms with Crippen molar-refractivity contribution in [3.8, 4) is 17.2 Å².